The molecule has 0 aliphatic carbocycles. The monoisotopic (exact) mass is 332 g/mol. The molecule has 4 aromatic rings. The summed E-state index contributed by atoms with van der Waals surface area (Å²) in [7, 11) is 0. The Labute approximate surface area is 143 Å². The third-order valence-electron chi connectivity index (χ3n) is 4.21. The molecule has 6 nitrogen and oxygen atoms in total. The zero-order valence-electron chi connectivity index (χ0n) is 13.6. The fourth-order valence-electron chi connectivity index (χ4n) is 3.01. The van der Waals surface area contributed by atoms with Crippen molar-refractivity contribution < 1.29 is 0 Å². The minimum Gasteiger partial charge on any atom is -0.312 e. The first-order valence-electron chi connectivity index (χ1n) is 7.95. The smallest absolute Gasteiger partial charge is 0.312 e. The van der Waals surface area contributed by atoms with Crippen molar-refractivity contribution >= 4 is 11.2 Å². The number of hydrogen-bond acceptors (Lipinski definition) is 3. The maximum atomic E-state index is 12.6. The van der Waals surface area contributed by atoms with Crippen molar-refractivity contribution in [2.75, 3.05) is 0 Å². The molecule has 0 saturated heterocycles. The minimum absolute atomic E-state index is 0.249. The summed E-state index contributed by atoms with van der Waals surface area (Å²) in [5.41, 5.74) is 2.52. The van der Waals surface area contributed by atoms with Crippen LogP contribution in [-0.4, -0.2) is 19.1 Å². The average Bonchev–Trinajstić information content (AvgIpc) is 3.01. The van der Waals surface area contributed by atoms with E-state index in [2.05, 4.69) is 9.97 Å². The Bertz CT molecular complexity index is 1170. The average molecular weight is 332 g/mol. The van der Waals surface area contributed by atoms with Crippen LogP contribution in [0.25, 0.3) is 16.9 Å². The highest BCUT2D eigenvalue weighted by molar-refractivity contribution is 5.72. The molecule has 2 aromatic heterocycles. The van der Waals surface area contributed by atoms with E-state index in [1.807, 2.05) is 66.1 Å². The number of benzene rings is 2. The number of imidazole rings is 1. The largest absolute Gasteiger partial charge is 0.334 e. The Morgan fingerprint density at radius 2 is 1.72 bits per heavy atom. The van der Waals surface area contributed by atoms with E-state index in [1.165, 1.54) is 4.57 Å². The van der Waals surface area contributed by atoms with Crippen molar-refractivity contribution in [1.29, 1.82) is 0 Å². The van der Waals surface area contributed by atoms with Crippen molar-refractivity contribution in [3.8, 4) is 5.69 Å². The highest BCUT2D eigenvalue weighted by Gasteiger charge is 2.16. The van der Waals surface area contributed by atoms with Gasteiger partial charge in [0.2, 0.25) is 0 Å². The molecule has 124 valence electrons. The van der Waals surface area contributed by atoms with E-state index < -0.39 is 11.2 Å². The van der Waals surface area contributed by atoms with Crippen LogP contribution in [0.1, 0.15) is 11.1 Å². The summed E-state index contributed by atoms with van der Waals surface area (Å²) in [4.78, 5) is 31.4. The van der Waals surface area contributed by atoms with Crippen molar-refractivity contribution in [3.05, 3.63) is 92.9 Å². The first kappa shape index (κ1) is 15.1. The summed E-state index contributed by atoms with van der Waals surface area (Å²) >= 11 is 0. The van der Waals surface area contributed by atoms with E-state index in [0.717, 1.165) is 16.8 Å². The van der Waals surface area contributed by atoms with Gasteiger partial charge in [-0.3, -0.25) is 9.78 Å². The van der Waals surface area contributed by atoms with Crippen molar-refractivity contribution in [1.82, 2.24) is 19.1 Å². The number of aryl methyl sites for hydroxylation is 1. The Kier molecular flexibility index (Phi) is 3.57. The van der Waals surface area contributed by atoms with E-state index in [9.17, 15) is 9.59 Å². The summed E-state index contributed by atoms with van der Waals surface area (Å²) in [6.07, 6.45) is 1.60. The summed E-state index contributed by atoms with van der Waals surface area (Å²) in [5, 5.41) is 0. The molecule has 25 heavy (non-hydrogen) atoms. The number of aromatic nitrogens is 4. The molecule has 0 aliphatic rings. The molecule has 0 bridgehead atoms. The molecule has 0 amide bonds. The maximum Gasteiger partial charge on any atom is 0.334 e. The number of nitrogens with one attached hydrogen (secondary N) is 1. The van der Waals surface area contributed by atoms with Gasteiger partial charge in [-0.2, -0.15) is 0 Å². The lowest BCUT2D eigenvalue weighted by Crippen LogP contribution is -2.30. The molecular formula is C19H16N4O2. The van der Waals surface area contributed by atoms with E-state index in [-0.39, 0.29) is 5.52 Å². The minimum atomic E-state index is -0.475. The fourth-order valence-corrected chi connectivity index (χ4v) is 3.01. The van der Waals surface area contributed by atoms with Gasteiger partial charge in [-0.15, -0.1) is 0 Å². The van der Waals surface area contributed by atoms with E-state index in [4.69, 9.17) is 0 Å². The lowest BCUT2D eigenvalue weighted by Gasteiger charge is -2.13. The zero-order valence-corrected chi connectivity index (χ0v) is 13.6. The molecule has 1 N–H and O–H groups in total. The molecule has 0 fully saturated rings. The van der Waals surface area contributed by atoms with Gasteiger partial charge in [0.05, 0.1) is 18.6 Å². The standard InChI is InChI=1S/C19H16N4O2/c1-13-7-5-6-10-15(13)23-18-16(17(24)21-19(23)25)20-12-22(18)11-14-8-3-2-4-9-14/h2-10,12H,11H2,1H3,(H,21,24,25). The second kappa shape index (κ2) is 5.90. The summed E-state index contributed by atoms with van der Waals surface area (Å²) in [6, 6.07) is 17.4. The number of rotatable bonds is 3. The van der Waals surface area contributed by atoms with Crippen LogP contribution >= 0.6 is 0 Å². The van der Waals surface area contributed by atoms with Crippen LogP contribution in [0.4, 0.5) is 0 Å². The van der Waals surface area contributed by atoms with Gasteiger partial charge in [0, 0.05) is 0 Å². The molecule has 0 radical (unpaired) electrons. The molecular weight excluding hydrogens is 316 g/mol. The summed E-state index contributed by atoms with van der Waals surface area (Å²) < 4.78 is 3.34. The van der Waals surface area contributed by atoms with Gasteiger partial charge in [-0.05, 0) is 24.1 Å². The fraction of sp³-hybridized carbons (Fsp3) is 0.105. The SMILES string of the molecule is Cc1ccccc1-n1c(=O)[nH]c(=O)c2ncn(Cc3ccccc3)c21. The molecule has 0 saturated carbocycles. The Morgan fingerprint density at radius 3 is 2.48 bits per heavy atom. The summed E-state index contributed by atoms with van der Waals surface area (Å²) in [6.45, 7) is 2.45. The van der Waals surface area contributed by atoms with Crippen LogP contribution in [0.3, 0.4) is 0 Å². The Hall–Kier alpha value is -3.41. The normalized spacial score (nSPS) is 11.1. The number of para-hydroxylation sites is 1. The molecule has 0 unspecified atom stereocenters. The molecule has 0 atom stereocenters. The second-order valence-electron chi connectivity index (χ2n) is 5.91. The number of nitrogens with zero attached hydrogens (tertiary/aromatic N) is 3. The number of H-pyrrole nitrogens is 1. The van der Waals surface area contributed by atoms with Gasteiger partial charge in [0.1, 0.15) is 0 Å². The van der Waals surface area contributed by atoms with Crippen LogP contribution in [0, 0.1) is 6.92 Å². The molecule has 2 heterocycles. The van der Waals surface area contributed by atoms with Gasteiger partial charge < -0.3 is 4.57 Å². The van der Waals surface area contributed by atoms with E-state index in [0.29, 0.717) is 12.2 Å². The highest BCUT2D eigenvalue weighted by atomic mass is 16.2. The third-order valence-corrected chi connectivity index (χ3v) is 4.21. The van der Waals surface area contributed by atoms with Crippen LogP contribution in [0.2, 0.25) is 0 Å². The predicted molar refractivity (Wildman–Crippen MR) is 96.2 cm³/mol. The first-order chi connectivity index (χ1) is 12.1. The van der Waals surface area contributed by atoms with Crippen LogP contribution < -0.4 is 11.2 Å². The van der Waals surface area contributed by atoms with Crippen molar-refractivity contribution in [3.63, 3.8) is 0 Å². The predicted octanol–water partition coefficient (Wildman–Crippen LogP) is 2.23. The second-order valence-corrected chi connectivity index (χ2v) is 5.91. The van der Waals surface area contributed by atoms with Crippen LogP contribution in [-0.2, 0) is 6.54 Å². The first-order valence-corrected chi connectivity index (χ1v) is 7.95. The molecule has 6 heteroatoms. The number of fused-ring (bicyclic) bond motifs is 1. The van der Waals surface area contributed by atoms with Gasteiger partial charge >= 0.3 is 5.69 Å². The van der Waals surface area contributed by atoms with Crippen LogP contribution in [0.5, 0.6) is 0 Å². The summed E-state index contributed by atoms with van der Waals surface area (Å²) in [5.74, 6) is 0. The van der Waals surface area contributed by atoms with Gasteiger partial charge in [-0.25, -0.2) is 14.3 Å². The van der Waals surface area contributed by atoms with Crippen molar-refractivity contribution in [2.24, 2.45) is 0 Å². The third kappa shape index (κ3) is 2.57. The Morgan fingerprint density at radius 1 is 1.00 bits per heavy atom. The zero-order chi connectivity index (χ0) is 17.4. The number of aromatic amines is 1. The van der Waals surface area contributed by atoms with E-state index >= 15 is 0 Å². The van der Waals surface area contributed by atoms with Gasteiger partial charge in [0.25, 0.3) is 5.56 Å². The maximum absolute atomic E-state index is 12.6. The molecule has 2 aromatic carbocycles. The van der Waals surface area contributed by atoms with E-state index in [1.54, 1.807) is 6.33 Å². The van der Waals surface area contributed by atoms with Gasteiger partial charge in [0.15, 0.2) is 11.2 Å². The van der Waals surface area contributed by atoms with Gasteiger partial charge in [-0.1, -0.05) is 48.5 Å². The molecule has 0 spiro atoms. The lowest BCUT2D eigenvalue weighted by atomic mass is 10.2. The molecule has 0 aliphatic heterocycles. The lowest BCUT2D eigenvalue weighted by molar-refractivity contribution is 0.786. The highest BCUT2D eigenvalue weighted by Crippen LogP contribution is 2.17. The molecule has 4 rings (SSSR count). The topological polar surface area (TPSA) is 72.7 Å². The Balaban J connectivity index is 2.03. The number of hydrogen-bond donors (Lipinski definition) is 1. The van der Waals surface area contributed by atoms with Crippen LogP contribution in [0.15, 0.2) is 70.5 Å². The quantitative estimate of drug-likeness (QED) is 0.625. The van der Waals surface area contributed by atoms with Crippen molar-refractivity contribution in [2.45, 2.75) is 13.5 Å².